The van der Waals surface area contributed by atoms with Crippen LogP contribution in [0.5, 0.6) is 0 Å². The quantitative estimate of drug-likeness (QED) is 0.562. The Morgan fingerprint density at radius 1 is 1.22 bits per heavy atom. The van der Waals surface area contributed by atoms with Crippen molar-refractivity contribution < 1.29 is 14.8 Å². The average molecular weight is 369 g/mol. The summed E-state index contributed by atoms with van der Waals surface area (Å²) in [5.74, 6) is -1.01. The molecular formula is C21H27N3O3. The molecule has 2 aliphatic heterocycles. The molecule has 2 amide bonds. The van der Waals surface area contributed by atoms with E-state index in [1.807, 2.05) is 23.1 Å². The van der Waals surface area contributed by atoms with Gasteiger partial charge in [-0.1, -0.05) is 36.4 Å². The van der Waals surface area contributed by atoms with Crippen LogP contribution in [0.2, 0.25) is 0 Å². The molecule has 0 bridgehead atoms. The van der Waals surface area contributed by atoms with Gasteiger partial charge in [-0.3, -0.25) is 14.8 Å². The predicted molar refractivity (Wildman–Crippen MR) is 102 cm³/mol. The normalized spacial score (nSPS) is 26.9. The van der Waals surface area contributed by atoms with Crippen LogP contribution in [-0.2, 0) is 9.59 Å². The third-order valence-electron chi connectivity index (χ3n) is 6.31. The zero-order valence-corrected chi connectivity index (χ0v) is 15.5. The Morgan fingerprint density at radius 2 is 2.00 bits per heavy atom. The molecule has 0 radical (unpaired) electrons. The lowest BCUT2D eigenvalue weighted by molar-refractivity contribution is -0.144. The van der Waals surface area contributed by atoms with E-state index in [-0.39, 0.29) is 11.3 Å². The summed E-state index contributed by atoms with van der Waals surface area (Å²) in [6.45, 7) is 2.01. The fourth-order valence-corrected chi connectivity index (χ4v) is 4.45. The molecule has 1 aliphatic carbocycles. The van der Waals surface area contributed by atoms with Crippen LogP contribution in [0.1, 0.15) is 37.7 Å². The predicted octanol–water partition coefficient (Wildman–Crippen LogP) is 1.96. The highest BCUT2D eigenvalue weighted by Crippen LogP contribution is 2.52. The van der Waals surface area contributed by atoms with Gasteiger partial charge < -0.3 is 10.2 Å². The number of carbonyl (C=O) groups is 2. The van der Waals surface area contributed by atoms with Gasteiger partial charge in [-0.15, -0.1) is 0 Å². The van der Waals surface area contributed by atoms with Gasteiger partial charge in [0.2, 0.25) is 11.8 Å². The number of rotatable bonds is 3. The van der Waals surface area contributed by atoms with Crippen molar-refractivity contribution in [1.82, 2.24) is 15.7 Å². The lowest BCUT2D eigenvalue weighted by atomic mass is 9.81. The summed E-state index contributed by atoms with van der Waals surface area (Å²) in [6.07, 6.45) is 6.82. The fraction of sp³-hybridized carbons (Fsp3) is 0.524. The summed E-state index contributed by atoms with van der Waals surface area (Å²) >= 11 is 0. The molecule has 6 nitrogen and oxygen atoms in total. The number of nitrogens with zero attached hydrogens (tertiary/aromatic N) is 1. The van der Waals surface area contributed by atoms with Crippen molar-refractivity contribution in [3.8, 4) is 0 Å². The Morgan fingerprint density at radius 3 is 2.70 bits per heavy atom. The van der Waals surface area contributed by atoms with Crippen molar-refractivity contribution in [2.24, 2.45) is 11.3 Å². The van der Waals surface area contributed by atoms with Gasteiger partial charge in [0, 0.05) is 19.6 Å². The van der Waals surface area contributed by atoms with E-state index in [4.69, 9.17) is 5.21 Å². The van der Waals surface area contributed by atoms with Gasteiger partial charge >= 0.3 is 0 Å². The number of carbonyl (C=O) groups excluding carboxylic acids is 2. The molecule has 2 atom stereocenters. The summed E-state index contributed by atoms with van der Waals surface area (Å²) in [7, 11) is 0. The van der Waals surface area contributed by atoms with Crippen LogP contribution in [0.25, 0.3) is 5.57 Å². The molecule has 3 aliphatic rings. The maximum atomic E-state index is 13.2. The number of hydroxylamine groups is 1. The van der Waals surface area contributed by atoms with Crippen LogP contribution < -0.4 is 10.8 Å². The van der Waals surface area contributed by atoms with Crippen molar-refractivity contribution >= 4 is 17.4 Å². The van der Waals surface area contributed by atoms with Crippen molar-refractivity contribution in [3.63, 3.8) is 0 Å². The number of nitrogens with one attached hydrogen (secondary N) is 2. The number of piperidine rings is 1. The highest BCUT2D eigenvalue weighted by Gasteiger charge is 2.52. The molecule has 1 spiro atoms. The van der Waals surface area contributed by atoms with Gasteiger partial charge in [-0.2, -0.15) is 0 Å². The Hall–Kier alpha value is -2.18. The molecule has 6 heteroatoms. The maximum Gasteiger partial charge on any atom is 0.248 e. The Bertz CT molecular complexity index is 742. The molecule has 2 heterocycles. The molecule has 1 aromatic carbocycles. The van der Waals surface area contributed by atoms with Crippen molar-refractivity contribution in [2.75, 3.05) is 19.6 Å². The molecule has 2 fully saturated rings. The highest BCUT2D eigenvalue weighted by atomic mass is 16.5. The smallest absolute Gasteiger partial charge is 0.248 e. The summed E-state index contributed by atoms with van der Waals surface area (Å²) in [6, 6.07) is 9.70. The van der Waals surface area contributed by atoms with E-state index in [9.17, 15) is 9.59 Å². The first kappa shape index (κ1) is 18.2. The van der Waals surface area contributed by atoms with Crippen LogP contribution >= 0.6 is 0 Å². The molecule has 0 aromatic heterocycles. The fourth-order valence-electron chi connectivity index (χ4n) is 4.45. The third-order valence-corrected chi connectivity index (χ3v) is 6.31. The number of allylic oxidation sites excluding steroid dienone is 1. The zero-order valence-electron chi connectivity index (χ0n) is 15.5. The molecule has 1 aromatic rings. The minimum Gasteiger partial charge on any atom is -0.338 e. The van der Waals surface area contributed by atoms with E-state index in [0.29, 0.717) is 19.5 Å². The monoisotopic (exact) mass is 369 g/mol. The Labute approximate surface area is 159 Å². The molecule has 1 saturated heterocycles. The minimum atomic E-state index is -0.560. The summed E-state index contributed by atoms with van der Waals surface area (Å²) < 4.78 is 0. The zero-order chi connectivity index (χ0) is 18.9. The van der Waals surface area contributed by atoms with E-state index in [0.717, 1.165) is 32.2 Å². The molecule has 4 rings (SSSR count). The van der Waals surface area contributed by atoms with Crippen LogP contribution in [0.4, 0.5) is 0 Å². The standard InChI is InChI=1S/C21H27N3O3/c25-19(23-27)17-13-21(9-10-21)14-22-18(17)20(26)24-11-4-7-16(8-12-24)15-5-2-1-3-6-15/h1-3,5-6,8,17-18,22,27H,4,7,9-14H2,(H,23,25)/t17-,18-/m0/s1. The van der Waals surface area contributed by atoms with Crippen LogP contribution in [0, 0.1) is 11.3 Å². The topological polar surface area (TPSA) is 81.7 Å². The van der Waals surface area contributed by atoms with E-state index in [1.54, 1.807) is 5.48 Å². The SMILES string of the molecule is O=C(NO)[C@H]1CC2(CC2)CN[C@@H]1C(=O)N1CC=C(c2ccccc2)CCC1. The van der Waals surface area contributed by atoms with Crippen molar-refractivity contribution in [2.45, 2.75) is 38.1 Å². The molecule has 1 saturated carbocycles. The largest absolute Gasteiger partial charge is 0.338 e. The lowest BCUT2D eigenvalue weighted by Crippen LogP contribution is -2.58. The number of hydrogen-bond acceptors (Lipinski definition) is 4. The molecule has 27 heavy (non-hydrogen) atoms. The van der Waals surface area contributed by atoms with Gasteiger partial charge in [-0.25, -0.2) is 5.48 Å². The van der Waals surface area contributed by atoms with Gasteiger partial charge in [-0.05, 0) is 48.7 Å². The lowest BCUT2D eigenvalue weighted by Gasteiger charge is -2.37. The molecular weight excluding hydrogens is 342 g/mol. The number of hydrogen-bond donors (Lipinski definition) is 3. The molecule has 0 unspecified atom stereocenters. The molecule has 3 N–H and O–H groups in total. The van der Waals surface area contributed by atoms with Gasteiger partial charge in [0.05, 0.1) is 12.0 Å². The van der Waals surface area contributed by atoms with Gasteiger partial charge in [0.25, 0.3) is 0 Å². The Kier molecular flexibility index (Phi) is 5.02. The van der Waals surface area contributed by atoms with Gasteiger partial charge in [0.15, 0.2) is 0 Å². The summed E-state index contributed by atoms with van der Waals surface area (Å²) in [5, 5.41) is 12.4. The second-order valence-corrected chi connectivity index (χ2v) is 8.13. The maximum absolute atomic E-state index is 13.2. The second kappa shape index (κ2) is 7.44. The van der Waals surface area contributed by atoms with Crippen LogP contribution in [0.3, 0.4) is 0 Å². The first-order valence-electron chi connectivity index (χ1n) is 9.82. The van der Waals surface area contributed by atoms with E-state index >= 15 is 0 Å². The summed E-state index contributed by atoms with van der Waals surface area (Å²) in [5.41, 5.74) is 4.39. The van der Waals surface area contributed by atoms with Gasteiger partial charge in [0.1, 0.15) is 0 Å². The average Bonchev–Trinajstić information content (AvgIpc) is 3.50. The second-order valence-electron chi connectivity index (χ2n) is 8.13. The van der Waals surface area contributed by atoms with E-state index < -0.39 is 17.9 Å². The Balaban J connectivity index is 1.48. The molecule has 144 valence electrons. The number of amides is 2. The van der Waals surface area contributed by atoms with E-state index in [2.05, 4.69) is 23.5 Å². The number of benzene rings is 1. The first-order valence-corrected chi connectivity index (χ1v) is 9.82. The van der Waals surface area contributed by atoms with Crippen LogP contribution in [0.15, 0.2) is 36.4 Å². The first-order chi connectivity index (χ1) is 13.1. The summed E-state index contributed by atoms with van der Waals surface area (Å²) in [4.78, 5) is 27.2. The third kappa shape index (κ3) is 3.77. The van der Waals surface area contributed by atoms with Crippen molar-refractivity contribution in [1.29, 1.82) is 0 Å². The minimum absolute atomic E-state index is 0.0374. The van der Waals surface area contributed by atoms with Crippen LogP contribution in [-0.4, -0.2) is 47.6 Å². The van der Waals surface area contributed by atoms with E-state index in [1.165, 1.54) is 11.1 Å². The highest BCUT2D eigenvalue weighted by molar-refractivity contribution is 5.90. The van der Waals surface area contributed by atoms with Crippen molar-refractivity contribution in [3.05, 3.63) is 42.0 Å².